The van der Waals surface area contributed by atoms with Crippen molar-refractivity contribution in [2.75, 3.05) is 11.1 Å². The Morgan fingerprint density at radius 3 is 2.70 bits per heavy atom. The molecular formula is C20H19ClN4OS. The highest BCUT2D eigenvalue weighted by molar-refractivity contribution is 7.99. The van der Waals surface area contributed by atoms with E-state index < -0.39 is 0 Å². The van der Waals surface area contributed by atoms with Crippen molar-refractivity contribution in [2.24, 2.45) is 0 Å². The van der Waals surface area contributed by atoms with Crippen LogP contribution < -0.4 is 5.32 Å². The summed E-state index contributed by atoms with van der Waals surface area (Å²) in [6.45, 7) is 0. The molecule has 0 atom stereocenters. The van der Waals surface area contributed by atoms with Crippen LogP contribution in [0.3, 0.4) is 0 Å². The fourth-order valence-corrected chi connectivity index (χ4v) is 3.91. The molecule has 138 valence electrons. The summed E-state index contributed by atoms with van der Waals surface area (Å²) >= 11 is 7.50. The summed E-state index contributed by atoms with van der Waals surface area (Å²) in [5.74, 6) is 2.10. The molecule has 1 heterocycles. The first kappa shape index (κ1) is 18.1. The monoisotopic (exact) mass is 398 g/mol. The maximum atomic E-state index is 12.2. The summed E-state index contributed by atoms with van der Waals surface area (Å²) in [5, 5.41) is 13.1. The number of benzene rings is 2. The molecule has 0 bridgehead atoms. The molecule has 1 N–H and O–H groups in total. The van der Waals surface area contributed by atoms with Gasteiger partial charge in [0.15, 0.2) is 5.16 Å². The van der Waals surface area contributed by atoms with E-state index in [4.69, 9.17) is 11.6 Å². The number of aromatic nitrogens is 3. The zero-order valence-electron chi connectivity index (χ0n) is 14.6. The quantitative estimate of drug-likeness (QED) is 0.574. The van der Waals surface area contributed by atoms with Gasteiger partial charge in [-0.25, -0.2) is 0 Å². The molecule has 1 aliphatic carbocycles. The molecule has 3 aromatic rings. The van der Waals surface area contributed by atoms with Crippen LogP contribution in [0, 0.1) is 0 Å². The van der Waals surface area contributed by atoms with E-state index in [1.165, 1.54) is 0 Å². The number of anilines is 1. The van der Waals surface area contributed by atoms with Crippen LogP contribution in [0.5, 0.6) is 0 Å². The molecule has 5 nitrogen and oxygen atoms in total. The number of nitrogens with one attached hydrogen (secondary N) is 1. The number of hydrogen-bond acceptors (Lipinski definition) is 4. The number of thioether (sulfide) groups is 1. The van der Waals surface area contributed by atoms with Gasteiger partial charge < -0.3 is 5.32 Å². The van der Waals surface area contributed by atoms with Crippen LogP contribution >= 0.6 is 23.4 Å². The molecule has 4 rings (SSSR count). The lowest BCUT2D eigenvalue weighted by molar-refractivity contribution is -0.115. The first-order chi connectivity index (χ1) is 13.2. The van der Waals surface area contributed by atoms with E-state index in [1.54, 1.807) is 23.9 Å². The molecule has 1 aromatic heterocycles. The number of nitrogens with zero attached hydrogens (tertiary/aromatic N) is 3. The molecular weight excluding hydrogens is 380 g/mol. The Balaban J connectivity index is 1.40. The minimum atomic E-state index is -0.0436. The Bertz CT molecular complexity index is 940. The van der Waals surface area contributed by atoms with E-state index in [2.05, 4.69) is 32.2 Å². The zero-order chi connectivity index (χ0) is 18.6. The maximum absolute atomic E-state index is 12.2. The average molecular weight is 399 g/mol. The number of carbonyl (C=O) groups is 1. The van der Waals surface area contributed by atoms with Crippen molar-refractivity contribution < 1.29 is 4.79 Å². The highest BCUT2D eigenvalue weighted by atomic mass is 35.5. The Morgan fingerprint density at radius 1 is 1.15 bits per heavy atom. The van der Waals surface area contributed by atoms with E-state index in [-0.39, 0.29) is 5.91 Å². The van der Waals surface area contributed by atoms with Gasteiger partial charge in [-0.05, 0) is 43.2 Å². The van der Waals surface area contributed by atoms with Gasteiger partial charge in [0, 0.05) is 34.5 Å². The molecule has 2 aromatic carbocycles. The Labute approximate surface area is 167 Å². The predicted octanol–water partition coefficient (Wildman–Crippen LogP) is 4.92. The topological polar surface area (TPSA) is 59.8 Å². The van der Waals surface area contributed by atoms with Crippen LogP contribution in [0.1, 0.15) is 31.0 Å². The van der Waals surface area contributed by atoms with Crippen LogP contribution in [0.25, 0.3) is 5.69 Å². The van der Waals surface area contributed by atoms with E-state index in [9.17, 15) is 4.79 Å². The van der Waals surface area contributed by atoms with Gasteiger partial charge in [-0.1, -0.05) is 47.6 Å². The third-order valence-corrected chi connectivity index (χ3v) is 5.45. The number of carbonyl (C=O) groups excluding carboxylic acids is 1. The molecule has 1 aliphatic rings. The van der Waals surface area contributed by atoms with Crippen molar-refractivity contribution in [2.45, 2.75) is 30.3 Å². The van der Waals surface area contributed by atoms with Crippen LogP contribution in [0.2, 0.25) is 5.02 Å². The third-order valence-electron chi connectivity index (χ3n) is 4.28. The molecule has 1 saturated carbocycles. The minimum absolute atomic E-state index is 0.0436. The van der Waals surface area contributed by atoms with Crippen LogP contribution in [0.4, 0.5) is 5.69 Å². The molecule has 7 heteroatoms. The van der Waals surface area contributed by atoms with Gasteiger partial charge in [-0.3, -0.25) is 9.36 Å². The number of rotatable bonds is 7. The number of amides is 1. The van der Waals surface area contributed by atoms with Gasteiger partial charge >= 0.3 is 0 Å². The average Bonchev–Trinajstić information content (AvgIpc) is 3.43. The smallest absolute Gasteiger partial charge is 0.225 e. The Morgan fingerprint density at radius 2 is 1.96 bits per heavy atom. The fourth-order valence-electron chi connectivity index (χ4n) is 2.83. The number of halogens is 1. The van der Waals surface area contributed by atoms with E-state index in [0.29, 0.717) is 28.8 Å². The predicted molar refractivity (Wildman–Crippen MR) is 109 cm³/mol. The largest absolute Gasteiger partial charge is 0.326 e. The van der Waals surface area contributed by atoms with Crippen molar-refractivity contribution in [3.05, 3.63) is 65.4 Å². The minimum Gasteiger partial charge on any atom is -0.326 e. The summed E-state index contributed by atoms with van der Waals surface area (Å²) in [4.78, 5) is 12.2. The summed E-state index contributed by atoms with van der Waals surface area (Å²) in [7, 11) is 0. The summed E-state index contributed by atoms with van der Waals surface area (Å²) in [5.41, 5.74) is 1.77. The second-order valence-corrected chi connectivity index (χ2v) is 7.94. The van der Waals surface area contributed by atoms with Crippen molar-refractivity contribution >= 4 is 35.0 Å². The molecule has 0 aliphatic heterocycles. The second kappa shape index (κ2) is 8.15. The SMILES string of the molecule is O=C(CCSc1nnc(C2CC2)n1-c1ccccc1)Nc1cccc(Cl)c1. The van der Waals surface area contributed by atoms with Crippen LogP contribution in [-0.2, 0) is 4.79 Å². The van der Waals surface area contributed by atoms with E-state index >= 15 is 0 Å². The standard InChI is InChI=1S/C20H19ClN4OS/c21-15-5-4-6-16(13-15)22-18(26)11-12-27-20-24-23-19(14-9-10-14)25(20)17-7-2-1-3-8-17/h1-8,13-14H,9-12H2,(H,22,26). The molecule has 0 saturated heterocycles. The highest BCUT2D eigenvalue weighted by Crippen LogP contribution is 2.41. The van der Waals surface area contributed by atoms with Gasteiger partial charge in [-0.15, -0.1) is 10.2 Å². The first-order valence-electron chi connectivity index (χ1n) is 8.89. The fraction of sp³-hybridized carbons (Fsp3) is 0.250. The van der Waals surface area contributed by atoms with Crippen LogP contribution in [0.15, 0.2) is 59.8 Å². The van der Waals surface area contributed by atoms with Gasteiger partial charge in [-0.2, -0.15) is 0 Å². The molecule has 0 radical (unpaired) electrons. The van der Waals surface area contributed by atoms with Gasteiger partial charge in [0.2, 0.25) is 5.91 Å². The molecule has 1 fully saturated rings. The normalized spacial score (nSPS) is 13.5. The van der Waals surface area contributed by atoms with Crippen LogP contribution in [-0.4, -0.2) is 26.4 Å². The summed E-state index contributed by atoms with van der Waals surface area (Å²) in [6.07, 6.45) is 2.72. The number of para-hydroxylation sites is 1. The van der Waals surface area contributed by atoms with Gasteiger partial charge in [0.05, 0.1) is 0 Å². The molecule has 0 spiro atoms. The molecule has 1 amide bonds. The zero-order valence-corrected chi connectivity index (χ0v) is 16.2. The lowest BCUT2D eigenvalue weighted by Crippen LogP contribution is -2.12. The Kier molecular flexibility index (Phi) is 5.45. The van der Waals surface area contributed by atoms with Crippen molar-refractivity contribution in [1.29, 1.82) is 0 Å². The van der Waals surface area contributed by atoms with Crippen molar-refractivity contribution in [3.63, 3.8) is 0 Å². The third kappa shape index (κ3) is 4.51. The summed E-state index contributed by atoms with van der Waals surface area (Å²) in [6, 6.07) is 17.3. The first-order valence-corrected chi connectivity index (χ1v) is 10.3. The molecule has 0 unspecified atom stereocenters. The van der Waals surface area contributed by atoms with Gasteiger partial charge in [0.25, 0.3) is 0 Å². The summed E-state index contributed by atoms with van der Waals surface area (Å²) < 4.78 is 2.12. The lowest BCUT2D eigenvalue weighted by Gasteiger charge is -2.10. The van der Waals surface area contributed by atoms with Crippen molar-refractivity contribution in [1.82, 2.24) is 14.8 Å². The van der Waals surface area contributed by atoms with E-state index in [1.807, 2.05) is 30.3 Å². The molecule has 27 heavy (non-hydrogen) atoms. The number of hydrogen-bond donors (Lipinski definition) is 1. The maximum Gasteiger partial charge on any atom is 0.225 e. The lowest BCUT2D eigenvalue weighted by atomic mass is 10.3. The van der Waals surface area contributed by atoms with Crippen molar-refractivity contribution in [3.8, 4) is 5.69 Å². The van der Waals surface area contributed by atoms with Gasteiger partial charge in [0.1, 0.15) is 5.82 Å². The van der Waals surface area contributed by atoms with E-state index in [0.717, 1.165) is 29.5 Å². The second-order valence-electron chi connectivity index (χ2n) is 6.44. The Hall–Kier alpha value is -2.31. The highest BCUT2D eigenvalue weighted by Gasteiger charge is 2.31.